The molecule has 5 aromatic rings. The predicted molar refractivity (Wildman–Crippen MR) is 247 cm³/mol. The second-order valence-electron chi connectivity index (χ2n) is 16.9. The number of hydrogen-bond acceptors (Lipinski definition) is 9. The number of amides is 2. The Morgan fingerprint density at radius 2 is 1.72 bits per heavy atom. The van der Waals surface area contributed by atoms with Crippen molar-refractivity contribution in [1.29, 1.82) is 5.26 Å². The van der Waals surface area contributed by atoms with Crippen molar-refractivity contribution in [2.24, 2.45) is 5.92 Å². The highest BCUT2D eigenvalue weighted by atomic mass is 35.5. The molecule has 64 heavy (non-hydrogen) atoms. The zero-order valence-corrected chi connectivity index (χ0v) is 37.8. The smallest absolute Gasteiger partial charge is 0.410 e. The summed E-state index contributed by atoms with van der Waals surface area (Å²) in [6.07, 6.45) is 7.88. The predicted octanol–water partition coefficient (Wildman–Crippen LogP) is 9.37. The SMILES string of the molecule is CC(C)(C)OC(=O)N(Cc1cnc2cc(-c3cccc(-c4cccc(/C=C/c5cc(OCCC#N)c(CN6CCC(C(=O)O)C6)cc5Cl)c4Cl)c3Cl)ccn2c1=O)CC1CCC(=O)N1. The van der Waals surface area contributed by atoms with Crippen LogP contribution >= 0.6 is 34.8 Å². The van der Waals surface area contributed by atoms with Crippen molar-refractivity contribution in [3.05, 3.63) is 121 Å². The van der Waals surface area contributed by atoms with Crippen molar-refractivity contribution in [2.75, 3.05) is 26.2 Å². The fourth-order valence-electron chi connectivity index (χ4n) is 7.86. The van der Waals surface area contributed by atoms with Crippen LogP contribution in [0.15, 0.2) is 77.9 Å². The molecule has 2 atom stereocenters. The van der Waals surface area contributed by atoms with Gasteiger partial charge in [-0.25, -0.2) is 9.78 Å². The van der Waals surface area contributed by atoms with E-state index >= 15 is 0 Å². The molecule has 2 fully saturated rings. The topological polar surface area (TPSA) is 167 Å². The maximum Gasteiger partial charge on any atom is 0.410 e. The van der Waals surface area contributed by atoms with Gasteiger partial charge >= 0.3 is 12.1 Å². The normalized spacial score (nSPS) is 16.5. The van der Waals surface area contributed by atoms with Crippen LogP contribution in [0.4, 0.5) is 4.79 Å². The summed E-state index contributed by atoms with van der Waals surface area (Å²) in [5.41, 5.74) is 4.48. The third-order valence-corrected chi connectivity index (χ3v) is 12.2. The van der Waals surface area contributed by atoms with E-state index in [1.807, 2.05) is 60.7 Å². The van der Waals surface area contributed by atoms with Crippen LogP contribution < -0.4 is 15.6 Å². The van der Waals surface area contributed by atoms with E-state index in [1.54, 1.807) is 39.1 Å². The molecule has 3 aromatic carbocycles. The molecular formula is C48H47Cl3N6O7. The number of benzene rings is 3. The van der Waals surface area contributed by atoms with Gasteiger partial charge in [-0.05, 0) is 81.1 Å². The zero-order valence-electron chi connectivity index (χ0n) is 35.6. The molecule has 2 aromatic heterocycles. The summed E-state index contributed by atoms with van der Waals surface area (Å²) in [5.74, 6) is -0.747. The van der Waals surface area contributed by atoms with Crippen molar-refractivity contribution < 1.29 is 29.0 Å². The molecule has 0 bridgehead atoms. The minimum atomic E-state index is -0.807. The number of nitrogens with zero attached hydrogens (tertiary/aromatic N) is 5. The maximum atomic E-state index is 13.8. The van der Waals surface area contributed by atoms with Crippen LogP contribution in [0, 0.1) is 17.2 Å². The van der Waals surface area contributed by atoms with E-state index < -0.39 is 23.6 Å². The van der Waals surface area contributed by atoms with E-state index in [1.165, 1.54) is 15.5 Å². The number of rotatable bonds is 14. The largest absolute Gasteiger partial charge is 0.492 e. The Kier molecular flexibility index (Phi) is 14.3. The molecule has 13 nitrogen and oxygen atoms in total. The van der Waals surface area contributed by atoms with Crippen LogP contribution in [0.5, 0.6) is 5.75 Å². The number of pyridine rings is 1. The first kappa shape index (κ1) is 46.1. The van der Waals surface area contributed by atoms with Crippen molar-refractivity contribution in [1.82, 2.24) is 24.5 Å². The van der Waals surface area contributed by atoms with E-state index in [-0.39, 0.29) is 49.2 Å². The highest BCUT2D eigenvalue weighted by molar-refractivity contribution is 6.39. The minimum absolute atomic E-state index is 0.0600. The van der Waals surface area contributed by atoms with E-state index in [2.05, 4.69) is 21.3 Å². The molecular weight excluding hydrogens is 879 g/mol. The van der Waals surface area contributed by atoms with Crippen LogP contribution in [0.1, 0.15) is 68.7 Å². The number of likely N-dealkylation sites (tertiary alicyclic amines) is 1. The number of carbonyl (C=O) groups is 3. The molecule has 16 heteroatoms. The average Bonchev–Trinajstić information content (AvgIpc) is 3.90. The van der Waals surface area contributed by atoms with Gasteiger partial charge in [0.2, 0.25) is 5.91 Å². The number of aliphatic carboxylic acids is 1. The first-order valence-electron chi connectivity index (χ1n) is 20.9. The molecule has 2 saturated heterocycles. The van der Waals surface area contributed by atoms with Gasteiger partial charge in [0.15, 0.2) is 0 Å². The summed E-state index contributed by atoms with van der Waals surface area (Å²) in [6, 6.07) is 20.3. The fraction of sp³-hybridized carbons (Fsp3) is 0.333. The standard InChI is InChI=1S/C48H47Cl3N6O7/c1-48(2,3)64-47(62)56(28-35-13-14-42(58)54-35)27-34-24-53-41-23-30(16-19-57(41)45(34)59)36-8-5-10-38(44(36)51)37-9-4-7-29(43(37)50)11-12-31-22-40(63-20-6-17-52)33(21-39(31)49)26-55-18-15-32(25-55)46(60)61/h4-5,7-12,16,19,21-24,32,35H,6,13-15,18,20,25-28H2,1-3H3,(H,54,58)(H,60,61)/b12-11+. The monoisotopic (exact) mass is 924 g/mol. The Morgan fingerprint density at radius 3 is 2.42 bits per heavy atom. The third kappa shape index (κ3) is 10.9. The lowest BCUT2D eigenvalue weighted by molar-refractivity contribution is -0.141. The highest BCUT2D eigenvalue weighted by Gasteiger charge is 2.30. The first-order valence-corrected chi connectivity index (χ1v) is 22.0. The van der Waals surface area contributed by atoms with E-state index in [9.17, 15) is 24.3 Å². The maximum absolute atomic E-state index is 13.8. The number of aromatic nitrogens is 2. The van der Waals surface area contributed by atoms with Crippen LogP contribution in [-0.2, 0) is 27.4 Å². The minimum Gasteiger partial charge on any atom is -0.492 e. The third-order valence-electron chi connectivity index (χ3n) is 11.1. The number of carboxylic acids is 1. The quantitative estimate of drug-likeness (QED) is 0.0810. The summed E-state index contributed by atoms with van der Waals surface area (Å²) < 4.78 is 13.1. The number of carboxylic acid groups (broad SMARTS) is 1. The van der Waals surface area contributed by atoms with E-state index in [0.717, 1.165) is 5.56 Å². The number of ether oxygens (including phenoxy) is 2. The second kappa shape index (κ2) is 19.9. The van der Waals surface area contributed by atoms with Gasteiger partial charge in [0, 0.05) is 71.8 Å². The average molecular weight is 926 g/mol. The Bertz CT molecular complexity index is 2740. The summed E-state index contributed by atoms with van der Waals surface area (Å²) in [4.78, 5) is 58.6. The van der Waals surface area contributed by atoms with Gasteiger partial charge < -0.3 is 24.8 Å². The lowest BCUT2D eigenvalue weighted by Gasteiger charge is -2.29. The molecule has 2 aliphatic rings. The molecule has 0 aliphatic carbocycles. The van der Waals surface area contributed by atoms with Crippen molar-refractivity contribution in [3.63, 3.8) is 0 Å². The number of carbonyl (C=O) groups excluding carboxylic acids is 2. The fourth-order valence-corrected chi connectivity index (χ4v) is 8.73. The molecule has 2 N–H and O–H groups in total. The summed E-state index contributed by atoms with van der Waals surface area (Å²) in [5, 5.41) is 22.8. The number of halogens is 3. The van der Waals surface area contributed by atoms with E-state index in [4.69, 9.17) is 49.5 Å². The molecule has 2 aliphatic heterocycles. The Hall–Kier alpha value is -5.91. The second-order valence-corrected chi connectivity index (χ2v) is 18.1. The van der Waals surface area contributed by atoms with Crippen LogP contribution in [0.2, 0.25) is 15.1 Å². The Morgan fingerprint density at radius 1 is 0.984 bits per heavy atom. The van der Waals surface area contributed by atoms with Gasteiger partial charge in [0.1, 0.15) is 23.6 Å². The number of fused-ring (bicyclic) bond motifs is 1. The summed E-state index contributed by atoms with van der Waals surface area (Å²) in [7, 11) is 0. The van der Waals surface area contributed by atoms with Crippen LogP contribution in [-0.4, -0.2) is 80.1 Å². The number of nitriles is 1. The van der Waals surface area contributed by atoms with Crippen LogP contribution in [0.3, 0.4) is 0 Å². The Balaban J connectivity index is 1.13. The number of nitrogens with one attached hydrogen (secondary N) is 1. The molecule has 332 valence electrons. The molecule has 2 unspecified atom stereocenters. The van der Waals surface area contributed by atoms with Crippen LogP contribution in [0.25, 0.3) is 40.1 Å². The molecule has 0 radical (unpaired) electrons. The van der Waals surface area contributed by atoms with E-state index in [0.29, 0.717) is 98.7 Å². The van der Waals surface area contributed by atoms with Gasteiger partial charge in [-0.15, -0.1) is 0 Å². The van der Waals surface area contributed by atoms with Crippen molar-refractivity contribution in [3.8, 4) is 34.1 Å². The first-order chi connectivity index (χ1) is 30.6. The van der Waals surface area contributed by atoms with Gasteiger partial charge in [-0.3, -0.25) is 23.7 Å². The molecule has 7 rings (SSSR count). The molecule has 4 heterocycles. The molecule has 0 spiro atoms. The molecule has 2 amide bonds. The number of hydrogen-bond donors (Lipinski definition) is 2. The summed E-state index contributed by atoms with van der Waals surface area (Å²) in [6.45, 7) is 7.14. The van der Waals surface area contributed by atoms with Crippen molar-refractivity contribution >= 4 is 70.6 Å². The Labute approximate surface area is 385 Å². The molecule has 0 saturated carbocycles. The van der Waals surface area contributed by atoms with Crippen molar-refractivity contribution in [2.45, 2.75) is 71.2 Å². The zero-order chi connectivity index (χ0) is 45.7. The van der Waals surface area contributed by atoms with Gasteiger partial charge in [-0.1, -0.05) is 83.4 Å². The van der Waals surface area contributed by atoms with Gasteiger partial charge in [0.25, 0.3) is 5.56 Å². The lowest BCUT2D eigenvalue weighted by Crippen LogP contribution is -2.44. The highest BCUT2D eigenvalue weighted by Crippen LogP contribution is 2.41. The van der Waals surface area contributed by atoms with Gasteiger partial charge in [-0.2, -0.15) is 5.26 Å². The van der Waals surface area contributed by atoms with Gasteiger partial charge in [0.05, 0.1) is 40.6 Å². The lowest BCUT2D eigenvalue weighted by atomic mass is 9.97. The summed E-state index contributed by atoms with van der Waals surface area (Å²) >= 11 is 21.1.